The number of halogens is 2. The molecule has 0 aliphatic heterocycles. The lowest BCUT2D eigenvalue weighted by Gasteiger charge is -2.02. The first-order chi connectivity index (χ1) is 8.70. The van der Waals surface area contributed by atoms with E-state index in [2.05, 4.69) is 20.6 Å². The fraction of sp³-hybridized carbons (Fsp3) is 0.800. The van der Waals surface area contributed by atoms with Crippen LogP contribution < -0.4 is 22.1 Å². The average Bonchev–Trinajstić information content (AvgIpc) is 2.33. The summed E-state index contributed by atoms with van der Waals surface area (Å²) in [7, 11) is 3.55. The summed E-state index contributed by atoms with van der Waals surface area (Å²) in [6.07, 6.45) is 0. The van der Waals surface area contributed by atoms with Crippen LogP contribution in [0.5, 0.6) is 0 Å². The molecule has 0 bridgehead atoms. The fourth-order valence-electron chi connectivity index (χ4n) is 0.999. The van der Waals surface area contributed by atoms with Crippen LogP contribution in [0.4, 0.5) is 0 Å². The molecule has 0 aromatic carbocycles. The average molecular weight is 454 g/mol. The fourth-order valence-corrected chi connectivity index (χ4v) is 2.72. The summed E-state index contributed by atoms with van der Waals surface area (Å²) in [5.74, 6) is 2.93. The van der Waals surface area contributed by atoms with Crippen LogP contribution in [0.15, 0.2) is 9.98 Å². The molecule has 122 valence electrons. The van der Waals surface area contributed by atoms with Gasteiger partial charge in [-0.15, -0.1) is 34.0 Å². The highest BCUT2D eigenvalue weighted by Crippen LogP contribution is 2.19. The highest BCUT2D eigenvalue weighted by atomic mass is 79.9. The minimum Gasteiger partial charge on any atom is -0.370 e. The van der Waals surface area contributed by atoms with Crippen molar-refractivity contribution >= 4 is 67.5 Å². The molecule has 0 fully saturated rings. The normalized spacial score (nSPS) is 11.3. The van der Waals surface area contributed by atoms with E-state index in [1.807, 2.05) is 13.8 Å². The number of hydrogen-bond acceptors (Lipinski definition) is 4. The van der Waals surface area contributed by atoms with Crippen LogP contribution in [0, 0.1) is 0 Å². The van der Waals surface area contributed by atoms with Crippen LogP contribution >= 0.6 is 55.6 Å². The van der Waals surface area contributed by atoms with E-state index in [-0.39, 0.29) is 34.0 Å². The molecular weight excluding hydrogens is 428 g/mol. The number of nitrogens with one attached hydrogen (secondary N) is 2. The predicted molar refractivity (Wildman–Crippen MR) is 106 cm³/mol. The molecular formula is C10H26Br2N6S2. The van der Waals surface area contributed by atoms with Gasteiger partial charge in [-0.1, -0.05) is 21.6 Å². The SMILES string of the molecule is Br.Br.CCNC(N)=NCCSSCCN=C(N)NCC. The third kappa shape index (κ3) is 18.2. The summed E-state index contributed by atoms with van der Waals surface area (Å²) in [6, 6.07) is 0. The maximum atomic E-state index is 5.59. The van der Waals surface area contributed by atoms with E-state index in [9.17, 15) is 0 Å². The van der Waals surface area contributed by atoms with Gasteiger partial charge in [-0.05, 0) is 13.8 Å². The summed E-state index contributed by atoms with van der Waals surface area (Å²) >= 11 is 0. The quantitative estimate of drug-likeness (QED) is 0.182. The Morgan fingerprint density at radius 2 is 1.20 bits per heavy atom. The monoisotopic (exact) mass is 452 g/mol. The van der Waals surface area contributed by atoms with Crippen LogP contribution in [0.2, 0.25) is 0 Å². The molecule has 6 nitrogen and oxygen atoms in total. The van der Waals surface area contributed by atoms with Crippen LogP contribution in [0.1, 0.15) is 13.8 Å². The molecule has 0 rings (SSSR count). The third-order valence-electron chi connectivity index (χ3n) is 1.71. The number of guanidine groups is 2. The Morgan fingerprint density at radius 1 is 0.850 bits per heavy atom. The Balaban J connectivity index is -0.00000144. The summed E-state index contributed by atoms with van der Waals surface area (Å²) < 4.78 is 0. The number of hydrogen-bond donors (Lipinski definition) is 4. The predicted octanol–water partition coefficient (Wildman–Crippen LogP) is 1.37. The standard InChI is InChI=1S/C10H24N6S2.2BrH/c1-3-13-9(11)15-5-7-17-18-8-6-16-10(12)14-4-2;;/h3-8H2,1-2H3,(H3,11,13,15)(H3,12,14,16);2*1H. The highest BCUT2D eigenvalue weighted by Gasteiger charge is 1.92. The van der Waals surface area contributed by atoms with Gasteiger partial charge in [0.15, 0.2) is 11.9 Å². The zero-order valence-electron chi connectivity index (χ0n) is 11.9. The van der Waals surface area contributed by atoms with Crippen molar-refractivity contribution < 1.29 is 0 Å². The molecule has 6 N–H and O–H groups in total. The van der Waals surface area contributed by atoms with E-state index in [1.54, 1.807) is 21.6 Å². The van der Waals surface area contributed by atoms with Gasteiger partial charge in [0.1, 0.15) is 0 Å². The first-order valence-electron chi connectivity index (χ1n) is 6.02. The summed E-state index contributed by atoms with van der Waals surface area (Å²) in [4.78, 5) is 8.35. The largest absolute Gasteiger partial charge is 0.370 e. The van der Waals surface area contributed by atoms with Crippen molar-refractivity contribution in [3.05, 3.63) is 0 Å². The van der Waals surface area contributed by atoms with Gasteiger partial charge in [-0.25, -0.2) is 0 Å². The Labute approximate surface area is 150 Å². The Bertz CT molecular complexity index is 240. The maximum Gasteiger partial charge on any atom is 0.188 e. The first kappa shape index (κ1) is 25.2. The van der Waals surface area contributed by atoms with Crippen molar-refractivity contribution in [2.45, 2.75) is 13.8 Å². The number of aliphatic imine (C=N–C) groups is 2. The Hall–Kier alpha value is 0.200. The number of nitrogens with two attached hydrogens (primary N) is 2. The van der Waals surface area contributed by atoms with Crippen LogP contribution in [-0.4, -0.2) is 49.6 Å². The summed E-state index contributed by atoms with van der Waals surface area (Å²) in [6.45, 7) is 7.07. The maximum absolute atomic E-state index is 5.59. The first-order valence-corrected chi connectivity index (χ1v) is 8.51. The van der Waals surface area contributed by atoms with E-state index in [1.165, 1.54) is 0 Å². The second kappa shape index (κ2) is 19.2. The number of rotatable bonds is 9. The molecule has 0 unspecified atom stereocenters. The number of nitrogens with zero attached hydrogens (tertiary/aromatic N) is 2. The molecule has 0 aliphatic rings. The van der Waals surface area contributed by atoms with Gasteiger partial charge in [0.25, 0.3) is 0 Å². The van der Waals surface area contributed by atoms with Gasteiger partial charge in [-0.3, -0.25) is 9.98 Å². The second-order valence-corrected chi connectivity index (χ2v) is 5.94. The van der Waals surface area contributed by atoms with Crippen molar-refractivity contribution in [3.8, 4) is 0 Å². The molecule has 0 spiro atoms. The van der Waals surface area contributed by atoms with Crippen molar-refractivity contribution in [1.82, 2.24) is 10.6 Å². The highest BCUT2D eigenvalue weighted by molar-refractivity contribution is 8.93. The van der Waals surface area contributed by atoms with Crippen molar-refractivity contribution in [3.63, 3.8) is 0 Å². The van der Waals surface area contributed by atoms with E-state index >= 15 is 0 Å². The molecule has 0 saturated carbocycles. The molecule has 0 atom stereocenters. The van der Waals surface area contributed by atoms with Gasteiger partial charge < -0.3 is 22.1 Å². The molecule has 0 radical (unpaired) electrons. The van der Waals surface area contributed by atoms with Gasteiger partial charge >= 0.3 is 0 Å². The zero-order chi connectivity index (χ0) is 13.6. The van der Waals surface area contributed by atoms with Gasteiger partial charge in [0, 0.05) is 24.6 Å². The zero-order valence-corrected chi connectivity index (χ0v) is 17.0. The minimum atomic E-state index is 0. The second-order valence-electron chi connectivity index (χ2n) is 3.24. The lowest BCUT2D eigenvalue weighted by atomic mass is 10.7. The van der Waals surface area contributed by atoms with Crippen LogP contribution in [-0.2, 0) is 0 Å². The summed E-state index contributed by atoms with van der Waals surface area (Å²) in [5.41, 5.74) is 11.2. The van der Waals surface area contributed by atoms with Crippen molar-refractivity contribution in [2.24, 2.45) is 21.5 Å². The van der Waals surface area contributed by atoms with Crippen LogP contribution in [0.25, 0.3) is 0 Å². The van der Waals surface area contributed by atoms with Crippen molar-refractivity contribution in [1.29, 1.82) is 0 Å². The van der Waals surface area contributed by atoms with E-state index < -0.39 is 0 Å². The molecule has 20 heavy (non-hydrogen) atoms. The van der Waals surface area contributed by atoms with Crippen molar-refractivity contribution in [2.75, 3.05) is 37.7 Å². The van der Waals surface area contributed by atoms with E-state index in [4.69, 9.17) is 11.5 Å². The lowest BCUT2D eigenvalue weighted by molar-refractivity contribution is 0.936. The molecule has 0 saturated heterocycles. The van der Waals surface area contributed by atoms with Gasteiger partial charge in [0.2, 0.25) is 0 Å². The van der Waals surface area contributed by atoms with Gasteiger partial charge in [-0.2, -0.15) is 0 Å². The van der Waals surface area contributed by atoms with E-state index in [0.717, 1.165) is 37.7 Å². The Morgan fingerprint density at radius 3 is 1.50 bits per heavy atom. The molecule has 10 heteroatoms. The van der Waals surface area contributed by atoms with Crippen LogP contribution in [0.3, 0.4) is 0 Å². The molecule has 0 aliphatic carbocycles. The smallest absolute Gasteiger partial charge is 0.188 e. The lowest BCUT2D eigenvalue weighted by Crippen LogP contribution is -2.31. The molecule has 0 aromatic heterocycles. The molecule has 0 amide bonds. The van der Waals surface area contributed by atoms with Gasteiger partial charge in [0.05, 0.1) is 13.1 Å². The minimum absolute atomic E-state index is 0. The third-order valence-corrected chi connectivity index (χ3v) is 4.08. The Kier molecular flexibility index (Phi) is 24.2. The van der Waals surface area contributed by atoms with E-state index in [0.29, 0.717) is 11.9 Å². The summed E-state index contributed by atoms with van der Waals surface area (Å²) in [5, 5.41) is 5.91. The molecule has 0 heterocycles. The molecule has 0 aromatic rings. The topological polar surface area (TPSA) is 101 Å².